The zero-order valence-corrected chi connectivity index (χ0v) is 10.7. The lowest BCUT2D eigenvalue weighted by molar-refractivity contribution is 0.588. The van der Waals surface area contributed by atoms with E-state index in [1.165, 1.54) is 4.57 Å². The Morgan fingerprint density at radius 1 is 1.28 bits per heavy atom. The maximum Gasteiger partial charge on any atom is 0.330 e. The van der Waals surface area contributed by atoms with Gasteiger partial charge in [-0.15, -0.1) is 0 Å². The Bertz CT molecular complexity index is 643. The quantitative estimate of drug-likeness (QED) is 0.622. The van der Waals surface area contributed by atoms with Crippen molar-refractivity contribution < 1.29 is 5.48 Å². The zero-order valence-electron chi connectivity index (χ0n) is 9.92. The maximum absolute atomic E-state index is 11.7. The Hall–Kier alpha value is -1.60. The molecule has 0 saturated heterocycles. The lowest BCUT2D eigenvalue weighted by Gasteiger charge is -2.04. The molecule has 8 heteroatoms. The Kier molecular flexibility index (Phi) is 4.69. The first kappa shape index (κ1) is 14.5. The second-order valence-corrected chi connectivity index (χ2v) is 4.20. The van der Waals surface area contributed by atoms with Crippen molar-refractivity contribution in [2.45, 2.75) is 32.7 Å². The molecule has 0 bridgehead atoms. The van der Waals surface area contributed by atoms with Crippen molar-refractivity contribution in [3.8, 4) is 0 Å². The van der Waals surface area contributed by atoms with Crippen LogP contribution < -0.4 is 11.2 Å². The average molecular weight is 275 g/mol. The predicted molar refractivity (Wildman–Crippen MR) is 69.1 cm³/mol. The van der Waals surface area contributed by atoms with E-state index in [0.29, 0.717) is 12.2 Å². The van der Waals surface area contributed by atoms with Crippen LogP contribution in [0.4, 0.5) is 0 Å². The number of nitrogens with one attached hydrogen (secondary N) is 2. The molecule has 2 aromatic rings. The summed E-state index contributed by atoms with van der Waals surface area (Å²) >= 11 is 5.71. The first-order valence-electron chi connectivity index (χ1n) is 5.51. The smallest absolute Gasteiger partial charge is 0.330 e. The van der Waals surface area contributed by atoms with Crippen LogP contribution in [-0.2, 0) is 6.54 Å². The van der Waals surface area contributed by atoms with Crippen molar-refractivity contribution in [1.29, 1.82) is 0 Å². The number of hydrogen-bond acceptors (Lipinski definition) is 3. The average Bonchev–Trinajstić information content (AvgIpc) is 2.65. The Labute approximate surface area is 107 Å². The molecule has 0 unspecified atom stereocenters. The Morgan fingerprint density at radius 3 is 2.67 bits per heavy atom. The van der Waals surface area contributed by atoms with Crippen molar-refractivity contribution >= 4 is 22.8 Å². The van der Waals surface area contributed by atoms with Crippen LogP contribution in [0.1, 0.15) is 26.2 Å². The van der Waals surface area contributed by atoms with Crippen LogP contribution in [0, 0.1) is 0 Å². The number of halogens is 1. The van der Waals surface area contributed by atoms with Crippen LogP contribution in [0.15, 0.2) is 9.59 Å². The van der Waals surface area contributed by atoms with Crippen molar-refractivity contribution in [2.24, 2.45) is 0 Å². The number of aromatic nitrogens is 4. The van der Waals surface area contributed by atoms with Gasteiger partial charge in [0.1, 0.15) is 0 Å². The number of nitrogens with zero attached hydrogens (tertiary/aromatic N) is 2. The molecule has 2 heterocycles. The number of imidazole rings is 1. The van der Waals surface area contributed by atoms with Crippen LogP contribution in [0.3, 0.4) is 0 Å². The van der Waals surface area contributed by atoms with Gasteiger partial charge >= 0.3 is 5.69 Å². The van der Waals surface area contributed by atoms with Crippen LogP contribution in [0.2, 0.25) is 5.28 Å². The monoisotopic (exact) mass is 274 g/mol. The normalized spacial score (nSPS) is 10.6. The summed E-state index contributed by atoms with van der Waals surface area (Å²) < 4.78 is 1.44. The fourth-order valence-corrected chi connectivity index (χ4v) is 1.91. The first-order valence-corrected chi connectivity index (χ1v) is 5.89. The Balaban J connectivity index is 0.00000162. The molecule has 0 fully saturated rings. The molecular weight excluding hydrogens is 260 g/mol. The van der Waals surface area contributed by atoms with Gasteiger partial charge < -0.3 is 10.5 Å². The second kappa shape index (κ2) is 5.83. The third-order valence-electron chi connectivity index (χ3n) is 2.59. The highest BCUT2D eigenvalue weighted by molar-refractivity contribution is 6.28. The van der Waals surface area contributed by atoms with Crippen molar-refractivity contribution in [1.82, 2.24) is 19.5 Å². The van der Waals surface area contributed by atoms with E-state index in [0.717, 1.165) is 19.3 Å². The number of aryl methyl sites for hydroxylation is 1. The van der Waals surface area contributed by atoms with Gasteiger partial charge in [-0.05, 0) is 18.0 Å². The van der Waals surface area contributed by atoms with Gasteiger partial charge in [0.05, 0.1) is 0 Å². The van der Waals surface area contributed by atoms with Crippen LogP contribution in [0.25, 0.3) is 11.2 Å². The first-order chi connectivity index (χ1) is 8.13. The van der Waals surface area contributed by atoms with Gasteiger partial charge in [-0.2, -0.15) is 4.98 Å². The largest absolute Gasteiger partial charge is 0.412 e. The van der Waals surface area contributed by atoms with E-state index in [9.17, 15) is 9.59 Å². The van der Waals surface area contributed by atoms with E-state index in [1.807, 2.05) is 0 Å². The molecule has 0 spiro atoms. The molecule has 0 aliphatic heterocycles. The molecule has 0 aromatic carbocycles. The minimum atomic E-state index is -0.490. The third kappa shape index (κ3) is 2.62. The highest BCUT2D eigenvalue weighted by Crippen LogP contribution is 2.09. The lowest BCUT2D eigenvalue weighted by Crippen LogP contribution is -2.30. The van der Waals surface area contributed by atoms with E-state index >= 15 is 0 Å². The van der Waals surface area contributed by atoms with E-state index in [1.54, 1.807) is 0 Å². The summed E-state index contributed by atoms with van der Waals surface area (Å²) in [5.41, 5.74) is -0.371. The number of unbranched alkanes of at least 4 members (excludes halogenated alkanes) is 2. The van der Waals surface area contributed by atoms with E-state index in [4.69, 9.17) is 11.6 Å². The van der Waals surface area contributed by atoms with Gasteiger partial charge in [0, 0.05) is 6.54 Å². The van der Waals surface area contributed by atoms with Crippen LogP contribution in [-0.4, -0.2) is 25.0 Å². The molecular formula is C10H15ClN4O3. The fourth-order valence-electron chi connectivity index (χ4n) is 1.74. The zero-order chi connectivity index (χ0) is 12.4. The standard InChI is InChI=1S/C10H13ClN4O2.H2O/c1-2-3-4-5-15-7-6(12-9(11)13-7)8(16)14-10(15)17;/h2-5H2,1H3,(H,12,13)(H,14,16,17);1H2. The number of hydrogen-bond donors (Lipinski definition) is 2. The van der Waals surface area contributed by atoms with Gasteiger partial charge in [0.25, 0.3) is 5.56 Å². The van der Waals surface area contributed by atoms with E-state index in [2.05, 4.69) is 21.9 Å². The van der Waals surface area contributed by atoms with Crippen LogP contribution in [0.5, 0.6) is 0 Å². The summed E-state index contributed by atoms with van der Waals surface area (Å²) in [6.07, 6.45) is 2.94. The summed E-state index contributed by atoms with van der Waals surface area (Å²) in [6, 6.07) is 0. The molecule has 0 amide bonds. The SMILES string of the molecule is CCCCCn1c(=O)[nH]c(=O)c2[nH]c(Cl)nc21.O. The van der Waals surface area contributed by atoms with Gasteiger partial charge in [0.2, 0.25) is 5.28 Å². The van der Waals surface area contributed by atoms with Gasteiger partial charge in [-0.3, -0.25) is 14.3 Å². The van der Waals surface area contributed by atoms with E-state index in [-0.39, 0.29) is 16.3 Å². The summed E-state index contributed by atoms with van der Waals surface area (Å²) in [5.74, 6) is 0. The molecule has 18 heavy (non-hydrogen) atoms. The van der Waals surface area contributed by atoms with E-state index < -0.39 is 11.2 Å². The maximum atomic E-state index is 11.7. The van der Waals surface area contributed by atoms with Crippen molar-refractivity contribution in [3.05, 3.63) is 26.1 Å². The fraction of sp³-hybridized carbons (Fsp3) is 0.500. The molecule has 0 atom stereocenters. The topological polar surface area (TPSA) is 115 Å². The van der Waals surface area contributed by atoms with Gasteiger partial charge in [0.15, 0.2) is 11.2 Å². The Morgan fingerprint density at radius 2 is 2.00 bits per heavy atom. The van der Waals surface area contributed by atoms with Crippen molar-refractivity contribution in [3.63, 3.8) is 0 Å². The molecule has 0 aliphatic carbocycles. The summed E-state index contributed by atoms with van der Waals surface area (Å²) in [5, 5.41) is 0.111. The molecule has 7 nitrogen and oxygen atoms in total. The van der Waals surface area contributed by atoms with Crippen LogP contribution >= 0.6 is 11.6 Å². The minimum Gasteiger partial charge on any atom is -0.412 e. The number of aromatic amines is 2. The molecule has 100 valence electrons. The molecule has 0 aliphatic rings. The molecule has 2 rings (SSSR count). The highest BCUT2D eigenvalue weighted by atomic mass is 35.5. The number of fused-ring (bicyclic) bond motifs is 1. The predicted octanol–water partition coefficient (Wildman–Crippen LogP) is 0.432. The molecule has 0 saturated carbocycles. The minimum absolute atomic E-state index is 0. The second-order valence-electron chi connectivity index (χ2n) is 3.84. The molecule has 4 N–H and O–H groups in total. The summed E-state index contributed by atoms with van der Waals surface area (Å²) in [6.45, 7) is 2.61. The molecule has 0 radical (unpaired) electrons. The highest BCUT2D eigenvalue weighted by Gasteiger charge is 2.11. The third-order valence-corrected chi connectivity index (χ3v) is 2.77. The van der Waals surface area contributed by atoms with Gasteiger partial charge in [-0.25, -0.2) is 4.79 Å². The number of rotatable bonds is 4. The lowest BCUT2D eigenvalue weighted by atomic mass is 10.2. The molecule has 2 aromatic heterocycles. The van der Waals surface area contributed by atoms with Crippen molar-refractivity contribution in [2.75, 3.05) is 0 Å². The van der Waals surface area contributed by atoms with Gasteiger partial charge in [-0.1, -0.05) is 19.8 Å². The number of H-pyrrole nitrogens is 2. The summed E-state index contributed by atoms with van der Waals surface area (Å²) in [4.78, 5) is 32.0. The summed E-state index contributed by atoms with van der Waals surface area (Å²) in [7, 11) is 0.